The minimum absolute atomic E-state index is 0.0891. The van der Waals surface area contributed by atoms with E-state index in [-0.39, 0.29) is 17.7 Å². The van der Waals surface area contributed by atoms with Crippen molar-refractivity contribution in [2.75, 3.05) is 0 Å². The van der Waals surface area contributed by atoms with E-state index in [0.717, 1.165) is 11.3 Å². The van der Waals surface area contributed by atoms with Gasteiger partial charge in [0.25, 0.3) is 0 Å². The highest BCUT2D eigenvalue weighted by atomic mass is 16.6. The van der Waals surface area contributed by atoms with Gasteiger partial charge in [-0.3, -0.25) is 0 Å². The quantitative estimate of drug-likeness (QED) is 0.632. The van der Waals surface area contributed by atoms with Crippen molar-refractivity contribution in [3.8, 4) is 11.8 Å². The van der Waals surface area contributed by atoms with Crippen molar-refractivity contribution in [3.05, 3.63) is 70.9 Å². The highest BCUT2D eigenvalue weighted by Crippen LogP contribution is 2.21. The molecule has 5 heteroatoms. The molecule has 0 aromatic heterocycles. The molecule has 0 spiro atoms. The lowest BCUT2D eigenvalue weighted by atomic mass is 10.1. The fraction of sp³-hybridized carbons (Fsp3) is 0.150. The fourth-order valence-electron chi connectivity index (χ4n) is 2.34. The van der Waals surface area contributed by atoms with Gasteiger partial charge in [0, 0.05) is 5.56 Å². The Balaban J connectivity index is 1.84. The molecule has 2 aromatic carbocycles. The van der Waals surface area contributed by atoms with Crippen LogP contribution in [0.4, 0.5) is 0 Å². The first-order chi connectivity index (χ1) is 12.0. The van der Waals surface area contributed by atoms with Crippen LogP contribution in [0.15, 0.2) is 59.2 Å². The molecule has 0 unspecified atom stereocenters. The third-order valence-electron chi connectivity index (χ3n) is 3.41. The zero-order chi connectivity index (χ0) is 17.8. The summed E-state index contributed by atoms with van der Waals surface area (Å²) in [5.41, 5.74) is 2.13. The SMILES string of the molecule is CC(C)Oc1ccc(C2=N/C(=C\c3cccc(C#N)c3)C(=O)O2)cc1. The van der Waals surface area contributed by atoms with Crippen LogP contribution in [0, 0.1) is 11.3 Å². The van der Waals surface area contributed by atoms with Gasteiger partial charge in [0.1, 0.15) is 5.75 Å². The summed E-state index contributed by atoms with van der Waals surface area (Å²) >= 11 is 0. The highest BCUT2D eigenvalue weighted by Gasteiger charge is 2.24. The summed E-state index contributed by atoms with van der Waals surface area (Å²) in [7, 11) is 0. The third kappa shape index (κ3) is 3.93. The number of carbonyl (C=O) groups is 1. The summed E-state index contributed by atoms with van der Waals surface area (Å²) in [5.74, 6) is 0.483. The van der Waals surface area contributed by atoms with Crippen molar-refractivity contribution >= 4 is 17.9 Å². The first-order valence-corrected chi connectivity index (χ1v) is 7.85. The monoisotopic (exact) mass is 332 g/mol. The molecule has 0 aliphatic carbocycles. The van der Waals surface area contributed by atoms with Crippen molar-refractivity contribution in [2.24, 2.45) is 4.99 Å². The Hall–Kier alpha value is -3.39. The molecule has 0 N–H and O–H groups in total. The minimum atomic E-state index is -0.514. The number of hydrogen-bond donors (Lipinski definition) is 0. The molecule has 2 aromatic rings. The van der Waals surface area contributed by atoms with Gasteiger partial charge in [0.2, 0.25) is 5.90 Å². The Morgan fingerprint density at radius 2 is 1.96 bits per heavy atom. The molecular formula is C20H16N2O3. The molecule has 1 aliphatic rings. The fourth-order valence-corrected chi connectivity index (χ4v) is 2.34. The van der Waals surface area contributed by atoms with Crippen LogP contribution in [-0.2, 0) is 9.53 Å². The maximum absolute atomic E-state index is 12.0. The molecule has 0 saturated carbocycles. The molecule has 1 heterocycles. The summed E-state index contributed by atoms with van der Waals surface area (Å²) in [6, 6.07) is 16.2. The lowest BCUT2D eigenvalue weighted by Gasteiger charge is -2.09. The van der Waals surface area contributed by atoms with Crippen molar-refractivity contribution < 1.29 is 14.3 Å². The molecule has 25 heavy (non-hydrogen) atoms. The number of benzene rings is 2. The van der Waals surface area contributed by atoms with E-state index in [9.17, 15) is 4.79 Å². The second-order valence-corrected chi connectivity index (χ2v) is 5.76. The number of hydrogen-bond acceptors (Lipinski definition) is 5. The van der Waals surface area contributed by atoms with Crippen molar-refractivity contribution in [1.29, 1.82) is 5.26 Å². The summed E-state index contributed by atoms with van der Waals surface area (Å²) < 4.78 is 10.8. The van der Waals surface area contributed by atoms with Gasteiger partial charge in [0.05, 0.1) is 17.7 Å². The summed E-state index contributed by atoms with van der Waals surface area (Å²) in [5, 5.41) is 8.94. The first kappa shape index (κ1) is 16.5. The highest BCUT2D eigenvalue weighted by molar-refractivity contribution is 6.12. The minimum Gasteiger partial charge on any atom is -0.491 e. The van der Waals surface area contributed by atoms with Crippen LogP contribution in [0.3, 0.4) is 0 Å². The van der Waals surface area contributed by atoms with Crippen LogP contribution in [-0.4, -0.2) is 18.0 Å². The largest absolute Gasteiger partial charge is 0.491 e. The Labute approximate surface area is 145 Å². The van der Waals surface area contributed by atoms with E-state index in [2.05, 4.69) is 11.1 Å². The van der Waals surface area contributed by atoms with Crippen LogP contribution in [0.1, 0.15) is 30.5 Å². The van der Waals surface area contributed by atoms with E-state index in [1.54, 1.807) is 42.5 Å². The Morgan fingerprint density at radius 3 is 2.64 bits per heavy atom. The van der Waals surface area contributed by atoms with E-state index in [1.807, 2.05) is 26.0 Å². The number of aliphatic imine (C=N–C) groups is 1. The first-order valence-electron chi connectivity index (χ1n) is 7.85. The smallest absolute Gasteiger partial charge is 0.363 e. The van der Waals surface area contributed by atoms with Gasteiger partial charge >= 0.3 is 5.97 Å². The predicted octanol–water partition coefficient (Wildman–Crippen LogP) is 3.69. The molecule has 5 nitrogen and oxygen atoms in total. The molecule has 0 radical (unpaired) electrons. The maximum atomic E-state index is 12.0. The lowest BCUT2D eigenvalue weighted by molar-refractivity contribution is -0.129. The standard InChI is InChI=1S/C20H16N2O3/c1-13(2)24-17-8-6-16(7-9-17)19-22-18(20(23)25-19)11-14-4-3-5-15(10-14)12-21/h3-11,13H,1-2H3/b18-11-. The van der Waals surface area contributed by atoms with Gasteiger partial charge in [-0.05, 0) is 61.9 Å². The summed E-state index contributed by atoms with van der Waals surface area (Å²) in [6.07, 6.45) is 1.69. The van der Waals surface area contributed by atoms with Crippen LogP contribution in [0.2, 0.25) is 0 Å². The van der Waals surface area contributed by atoms with Gasteiger partial charge in [-0.2, -0.15) is 5.26 Å². The van der Waals surface area contributed by atoms with Crippen molar-refractivity contribution in [3.63, 3.8) is 0 Å². The van der Waals surface area contributed by atoms with Gasteiger partial charge < -0.3 is 9.47 Å². The molecule has 0 bridgehead atoms. The van der Waals surface area contributed by atoms with E-state index in [0.29, 0.717) is 11.1 Å². The number of rotatable bonds is 4. The number of nitriles is 1. The molecule has 0 saturated heterocycles. The Morgan fingerprint density at radius 1 is 1.20 bits per heavy atom. The number of esters is 1. The van der Waals surface area contributed by atoms with Crippen LogP contribution in [0.5, 0.6) is 5.75 Å². The predicted molar refractivity (Wildman–Crippen MR) is 94.0 cm³/mol. The molecule has 1 aliphatic heterocycles. The van der Waals surface area contributed by atoms with Crippen LogP contribution in [0.25, 0.3) is 6.08 Å². The van der Waals surface area contributed by atoms with Gasteiger partial charge in [0.15, 0.2) is 5.70 Å². The lowest BCUT2D eigenvalue weighted by Crippen LogP contribution is -2.07. The molecule has 3 rings (SSSR count). The van der Waals surface area contributed by atoms with E-state index in [4.69, 9.17) is 14.7 Å². The van der Waals surface area contributed by atoms with Crippen LogP contribution >= 0.6 is 0 Å². The number of nitrogens with zero attached hydrogens (tertiary/aromatic N) is 2. The Kier molecular flexibility index (Phi) is 4.62. The van der Waals surface area contributed by atoms with Gasteiger partial charge in [-0.25, -0.2) is 9.79 Å². The second kappa shape index (κ2) is 7.02. The molecule has 124 valence electrons. The average molecular weight is 332 g/mol. The summed E-state index contributed by atoms with van der Waals surface area (Å²) in [6.45, 7) is 3.91. The summed E-state index contributed by atoms with van der Waals surface area (Å²) in [4.78, 5) is 16.3. The van der Waals surface area contributed by atoms with Crippen molar-refractivity contribution in [2.45, 2.75) is 20.0 Å². The Bertz CT molecular complexity index is 903. The second-order valence-electron chi connectivity index (χ2n) is 5.76. The normalized spacial score (nSPS) is 15.0. The van der Waals surface area contributed by atoms with Gasteiger partial charge in [-0.15, -0.1) is 0 Å². The van der Waals surface area contributed by atoms with Crippen molar-refractivity contribution in [1.82, 2.24) is 0 Å². The molecule has 0 amide bonds. The number of ether oxygens (including phenoxy) is 2. The molecule has 0 atom stereocenters. The van der Waals surface area contributed by atoms with Crippen LogP contribution < -0.4 is 4.74 Å². The van der Waals surface area contributed by atoms with E-state index < -0.39 is 5.97 Å². The number of carbonyl (C=O) groups excluding carboxylic acids is 1. The maximum Gasteiger partial charge on any atom is 0.363 e. The topological polar surface area (TPSA) is 71.7 Å². The molecular weight excluding hydrogens is 316 g/mol. The van der Waals surface area contributed by atoms with E-state index in [1.165, 1.54) is 0 Å². The third-order valence-corrected chi connectivity index (χ3v) is 3.41. The van der Waals surface area contributed by atoms with Gasteiger partial charge in [-0.1, -0.05) is 12.1 Å². The zero-order valence-electron chi connectivity index (χ0n) is 13.9. The number of cyclic esters (lactones) is 1. The average Bonchev–Trinajstić information content (AvgIpc) is 2.96. The molecule has 0 fully saturated rings. The van der Waals surface area contributed by atoms with E-state index >= 15 is 0 Å². The zero-order valence-corrected chi connectivity index (χ0v) is 13.9.